The summed E-state index contributed by atoms with van der Waals surface area (Å²) in [4.78, 5) is 53.3. The number of thioether (sulfide) groups is 1. The minimum Gasteiger partial charge on any atom is -0.452 e. The van der Waals surface area contributed by atoms with Crippen molar-refractivity contribution in [3.8, 4) is 0 Å². The number of rotatable bonds is 9. The van der Waals surface area contributed by atoms with Crippen LogP contribution in [0.15, 0.2) is 29.2 Å². The van der Waals surface area contributed by atoms with Crippen LogP contribution in [-0.2, 0) is 19.1 Å². The molecule has 1 saturated carbocycles. The molecule has 8 nitrogen and oxygen atoms in total. The van der Waals surface area contributed by atoms with Gasteiger partial charge >= 0.3 is 5.97 Å². The fraction of sp³-hybridized carbons (Fsp3) is 0.600. The lowest BCUT2D eigenvalue weighted by molar-refractivity contribution is -0.137. The van der Waals surface area contributed by atoms with Crippen LogP contribution in [0.3, 0.4) is 0 Å². The monoisotopic (exact) mass is 491 g/mol. The molecular weight excluding hydrogens is 454 g/mol. The SMILES string of the molecule is CN(CC(=O)NC(C)(C)C)C(=O)COC(=O)c1ccccc1SCC(=O)N(C)C1CCCCC1. The smallest absolute Gasteiger partial charge is 0.339 e. The number of amides is 3. The maximum atomic E-state index is 12.7. The molecule has 0 aliphatic heterocycles. The van der Waals surface area contributed by atoms with Gasteiger partial charge in [-0.25, -0.2) is 4.79 Å². The molecule has 0 atom stereocenters. The normalized spacial score (nSPS) is 14.3. The summed E-state index contributed by atoms with van der Waals surface area (Å²) in [5, 5.41) is 2.78. The molecule has 0 bridgehead atoms. The second-order valence-corrected chi connectivity index (χ2v) is 10.7. The van der Waals surface area contributed by atoms with Gasteiger partial charge in [0.05, 0.1) is 17.9 Å². The van der Waals surface area contributed by atoms with Gasteiger partial charge in [-0.2, -0.15) is 0 Å². The molecule has 1 aromatic carbocycles. The number of nitrogens with one attached hydrogen (secondary N) is 1. The third-order valence-electron chi connectivity index (χ3n) is 5.62. The van der Waals surface area contributed by atoms with E-state index < -0.39 is 24.0 Å². The number of nitrogens with zero attached hydrogens (tertiary/aromatic N) is 2. The molecule has 1 fully saturated rings. The van der Waals surface area contributed by atoms with E-state index in [0.717, 1.165) is 25.7 Å². The van der Waals surface area contributed by atoms with Crippen molar-refractivity contribution in [2.24, 2.45) is 0 Å². The van der Waals surface area contributed by atoms with E-state index in [1.807, 2.05) is 32.7 Å². The Hall–Kier alpha value is -2.55. The quantitative estimate of drug-likeness (QED) is 0.421. The van der Waals surface area contributed by atoms with Crippen molar-refractivity contribution in [3.05, 3.63) is 29.8 Å². The highest BCUT2D eigenvalue weighted by molar-refractivity contribution is 8.00. The minimum absolute atomic E-state index is 0.0328. The summed E-state index contributed by atoms with van der Waals surface area (Å²) < 4.78 is 5.21. The van der Waals surface area contributed by atoms with E-state index in [1.54, 1.807) is 24.3 Å². The van der Waals surface area contributed by atoms with E-state index in [4.69, 9.17) is 4.74 Å². The minimum atomic E-state index is -0.642. The number of carbonyl (C=O) groups is 4. The zero-order chi connectivity index (χ0) is 25.3. The summed E-state index contributed by atoms with van der Waals surface area (Å²) in [6, 6.07) is 7.17. The van der Waals surface area contributed by atoms with Crippen LogP contribution < -0.4 is 5.32 Å². The van der Waals surface area contributed by atoms with Crippen molar-refractivity contribution in [2.75, 3.05) is 33.0 Å². The lowest BCUT2D eigenvalue weighted by Gasteiger charge is -2.31. The van der Waals surface area contributed by atoms with E-state index >= 15 is 0 Å². The third kappa shape index (κ3) is 9.00. The Bertz CT molecular complexity index is 878. The maximum absolute atomic E-state index is 12.7. The predicted molar refractivity (Wildman–Crippen MR) is 133 cm³/mol. The highest BCUT2D eigenvalue weighted by atomic mass is 32.2. The average molecular weight is 492 g/mol. The van der Waals surface area contributed by atoms with Gasteiger partial charge in [0.25, 0.3) is 5.91 Å². The molecule has 34 heavy (non-hydrogen) atoms. The molecule has 0 radical (unpaired) electrons. The number of ether oxygens (including phenoxy) is 1. The van der Waals surface area contributed by atoms with Gasteiger partial charge in [0.1, 0.15) is 0 Å². The fourth-order valence-corrected chi connectivity index (χ4v) is 4.72. The summed E-state index contributed by atoms with van der Waals surface area (Å²) in [5.74, 6) is -1.16. The number of hydrogen-bond acceptors (Lipinski definition) is 6. The second kappa shape index (κ2) is 12.8. The summed E-state index contributed by atoms with van der Waals surface area (Å²) in [5.41, 5.74) is -0.0944. The maximum Gasteiger partial charge on any atom is 0.339 e. The summed E-state index contributed by atoms with van der Waals surface area (Å²) in [6.07, 6.45) is 5.61. The molecule has 9 heteroatoms. The number of likely N-dealkylation sites (N-methyl/N-ethyl adjacent to an activating group) is 1. The highest BCUT2D eigenvalue weighted by Crippen LogP contribution is 2.26. The Morgan fingerprint density at radius 1 is 1.03 bits per heavy atom. The van der Waals surface area contributed by atoms with Crippen molar-refractivity contribution in [1.29, 1.82) is 0 Å². The van der Waals surface area contributed by atoms with Gasteiger partial charge in [-0.1, -0.05) is 31.4 Å². The van der Waals surface area contributed by atoms with Gasteiger partial charge in [0, 0.05) is 30.6 Å². The van der Waals surface area contributed by atoms with Gasteiger partial charge < -0.3 is 19.9 Å². The number of esters is 1. The molecular formula is C25H37N3O5S. The number of benzene rings is 1. The van der Waals surface area contributed by atoms with Crippen LogP contribution in [0.1, 0.15) is 63.2 Å². The molecule has 0 aromatic heterocycles. The number of hydrogen-bond donors (Lipinski definition) is 1. The number of carbonyl (C=O) groups excluding carboxylic acids is 4. The first kappa shape index (κ1) is 27.7. The third-order valence-corrected chi connectivity index (χ3v) is 6.68. The molecule has 1 aromatic rings. The van der Waals surface area contributed by atoms with Crippen molar-refractivity contribution >= 4 is 35.5 Å². The Labute approximate surface area is 206 Å². The molecule has 0 saturated heterocycles. The van der Waals surface area contributed by atoms with Gasteiger partial charge in [-0.05, 0) is 45.7 Å². The van der Waals surface area contributed by atoms with E-state index in [-0.39, 0.29) is 30.2 Å². The summed E-state index contributed by atoms with van der Waals surface area (Å²) in [6.45, 7) is 4.96. The van der Waals surface area contributed by atoms with Crippen molar-refractivity contribution in [1.82, 2.24) is 15.1 Å². The molecule has 0 unspecified atom stereocenters. The summed E-state index contributed by atoms with van der Waals surface area (Å²) >= 11 is 1.29. The van der Waals surface area contributed by atoms with Crippen LogP contribution in [0.2, 0.25) is 0 Å². The Morgan fingerprint density at radius 2 is 1.68 bits per heavy atom. The predicted octanol–water partition coefficient (Wildman–Crippen LogP) is 3.10. The molecule has 2 rings (SSSR count). The van der Waals surface area contributed by atoms with E-state index in [9.17, 15) is 19.2 Å². The van der Waals surface area contributed by atoms with Gasteiger partial charge in [-0.15, -0.1) is 11.8 Å². The van der Waals surface area contributed by atoms with Gasteiger partial charge in [-0.3, -0.25) is 14.4 Å². The molecule has 188 valence electrons. The van der Waals surface area contributed by atoms with E-state index in [2.05, 4.69) is 5.32 Å². The van der Waals surface area contributed by atoms with Crippen LogP contribution in [0, 0.1) is 0 Å². The first-order chi connectivity index (χ1) is 16.0. The summed E-state index contributed by atoms with van der Waals surface area (Å²) in [7, 11) is 3.33. The average Bonchev–Trinajstić information content (AvgIpc) is 2.79. The Balaban J connectivity index is 1.88. The second-order valence-electron chi connectivity index (χ2n) is 9.71. The standard InChI is InChI=1S/C25H37N3O5S/c1-25(2,3)26-21(29)15-27(4)22(30)16-33-24(32)19-13-9-10-14-20(19)34-17-23(31)28(5)18-11-7-6-8-12-18/h9-10,13-14,18H,6-8,11-12,15-17H2,1-5H3,(H,26,29). The lowest BCUT2D eigenvalue weighted by Crippen LogP contribution is -2.46. The molecule has 0 heterocycles. The van der Waals surface area contributed by atoms with Crippen LogP contribution in [-0.4, -0.2) is 78.1 Å². The first-order valence-corrected chi connectivity index (χ1v) is 12.7. The Kier molecular flexibility index (Phi) is 10.4. The van der Waals surface area contributed by atoms with Gasteiger partial charge in [0.2, 0.25) is 11.8 Å². The lowest BCUT2D eigenvalue weighted by atomic mass is 9.94. The molecule has 1 aliphatic carbocycles. The molecule has 1 N–H and O–H groups in total. The van der Waals surface area contributed by atoms with Crippen molar-refractivity contribution < 1.29 is 23.9 Å². The molecule has 1 aliphatic rings. The van der Waals surface area contributed by atoms with Crippen LogP contribution in [0.4, 0.5) is 0 Å². The van der Waals surface area contributed by atoms with Crippen LogP contribution in [0.5, 0.6) is 0 Å². The largest absolute Gasteiger partial charge is 0.452 e. The van der Waals surface area contributed by atoms with E-state index in [0.29, 0.717) is 10.5 Å². The molecule has 3 amide bonds. The zero-order valence-corrected chi connectivity index (χ0v) is 21.7. The first-order valence-electron chi connectivity index (χ1n) is 11.7. The van der Waals surface area contributed by atoms with E-state index in [1.165, 1.54) is 30.1 Å². The van der Waals surface area contributed by atoms with Crippen LogP contribution >= 0.6 is 11.8 Å². The van der Waals surface area contributed by atoms with Gasteiger partial charge in [0.15, 0.2) is 6.61 Å². The zero-order valence-electron chi connectivity index (χ0n) is 20.9. The highest BCUT2D eigenvalue weighted by Gasteiger charge is 2.23. The van der Waals surface area contributed by atoms with Crippen molar-refractivity contribution in [3.63, 3.8) is 0 Å². The van der Waals surface area contributed by atoms with Crippen LogP contribution in [0.25, 0.3) is 0 Å². The van der Waals surface area contributed by atoms with Crippen molar-refractivity contribution in [2.45, 2.75) is 69.4 Å². The topological polar surface area (TPSA) is 96.0 Å². The fourth-order valence-electron chi connectivity index (χ4n) is 3.75. The Morgan fingerprint density at radius 3 is 2.32 bits per heavy atom. The molecule has 0 spiro atoms.